The maximum Gasteiger partial charge on any atom is 0.416 e. The van der Waals surface area contributed by atoms with Crippen LogP contribution >= 0.6 is 11.6 Å². The summed E-state index contributed by atoms with van der Waals surface area (Å²) in [6.45, 7) is 17.6. The second-order valence-electron chi connectivity index (χ2n) is 32.9. The van der Waals surface area contributed by atoms with Gasteiger partial charge in [0.2, 0.25) is 0 Å². The summed E-state index contributed by atoms with van der Waals surface area (Å²) >= 11 is 6.06. The van der Waals surface area contributed by atoms with E-state index in [0.717, 1.165) is 126 Å². The Morgan fingerprint density at radius 3 is 1.31 bits per heavy atom. The third-order valence-corrected chi connectivity index (χ3v) is 20.4. The van der Waals surface area contributed by atoms with E-state index in [-0.39, 0.29) is 57.9 Å². The molecule has 23 nitrogen and oxygen atoms in total. The van der Waals surface area contributed by atoms with Gasteiger partial charge in [-0.3, -0.25) is 4.90 Å². The summed E-state index contributed by atoms with van der Waals surface area (Å²) in [4.78, 5) is 10.8. The summed E-state index contributed by atoms with van der Waals surface area (Å²) in [5.74, 6) is 5.28. The molecule has 11 aromatic carbocycles. The van der Waals surface area contributed by atoms with Gasteiger partial charge in [-0.25, -0.2) is 0 Å². The fraction of sp³-hybridized carbons (Fsp3) is 0.377. The lowest BCUT2D eigenvalue weighted by molar-refractivity contribution is -0.137. The predicted octanol–water partition coefficient (Wildman–Crippen LogP) is 15.0. The van der Waals surface area contributed by atoms with E-state index >= 15 is 0 Å². The van der Waals surface area contributed by atoms with Crippen molar-refractivity contribution in [3.63, 3.8) is 0 Å². The van der Waals surface area contributed by atoms with Gasteiger partial charge in [0.05, 0.1) is 24.4 Å². The second-order valence-corrected chi connectivity index (χ2v) is 33.3. The summed E-state index contributed by atoms with van der Waals surface area (Å²) < 4.78 is 82.3. The van der Waals surface area contributed by atoms with Crippen LogP contribution < -0.4 is 54.8 Å². The van der Waals surface area contributed by atoms with E-state index in [9.17, 15) is 43.8 Å². The number of alkyl halides is 3. The average Bonchev–Trinajstić information content (AvgIpc) is 1.19. The first-order chi connectivity index (χ1) is 64.1. The van der Waals surface area contributed by atoms with Gasteiger partial charge in [0.1, 0.15) is 111 Å². The number of likely N-dealkylation sites (N-methyl/N-ethyl adjacent to an activating group) is 2. The molecular formula is C106H138ClF3N8O15. The monoisotopic (exact) mass is 1850 g/mol. The molecule has 2 heterocycles. The first kappa shape index (κ1) is 109. The van der Waals surface area contributed by atoms with Crippen molar-refractivity contribution in [2.24, 2.45) is 11.5 Å². The molecule has 0 aromatic heterocycles. The number of hydrogen-bond donors (Lipinski definition) is 10. The van der Waals surface area contributed by atoms with E-state index in [1.165, 1.54) is 36.1 Å². The van der Waals surface area contributed by atoms with Gasteiger partial charge in [0, 0.05) is 95.7 Å². The maximum absolute atomic E-state index is 12.6. The van der Waals surface area contributed by atoms with Crippen LogP contribution in [0.2, 0.25) is 5.02 Å². The van der Waals surface area contributed by atoms with Crippen LogP contribution in [0.25, 0.3) is 0 Å². The van der Waals surface area contributed by atoms with Gasteiger partial charge in [-0.15, -0.1) is 0 Å². The standard InChI is InChI=1S/C19H23ClN2O2.C19H25NO2.C17H18F3NO2.C17H21NO3.C14H21NO2.C11H17NO2.C9H13NO2/c20-16-5-4-6-17(13-16)22-11-9-21(10-12-22)14-18(23)15-24-19-7-2-1-3-8-19;1-20(2)14-18(21)15-22-19(17-11-7-4-8-12-17)13-16-9-5-3-6-10-16;18-17(19,20)14-7-4-8-16(9-14)23-12-15(22)11-21-10-13-5-2-1-3-6-13;1-18(2)12-14(19)13-20-16-10-6-7-11-17(16)21-15-8-4-3-5-9-15;1-12-5-4-6-14(9-12)17-11-13(16)10-15-7-2-3-8-15;1-8-3-9(2)5-11(4-8)14-7-10(13)6-12;10-6-8(11)7-12-9-4-2-1-3-5-9/h1-8,13,18,23H,9-12,14-15H2;3-12,18-19,21H,13-15H2,1-2H3;1-9,15,21-22H,10-12H2;3-11,14,19H,12-13H2,1-2H3;4-6,9,13,16H,2-3,7-8,10-11H2,1H3;3-5,10,13H,6-7,12H2,1-2H3;1-5,8,11H,6-7,10H2. The second kappa shape index (κ2) is 62.7. The summed E-state index contributed by atoms with van der Waals surface area (Å²) in [5, 5.41) is 71.8. The van der Waals surface area contributed by atoms with Crippen molar-refractivity contribution < 1.29 is 86.8 Å². The molecule has 0 bridgehead atoms. The lowest BCUT2D eigenvalue weighted by Crippen LogP contribution is -2.49. The van der Waals surface area contributed by atoms with Gasteiger partial charge in [0.25, 0.3) is 0 Å². The zero-order valence-electron chi connectivity index (χ0n) is 77.7. The Labute approximate surface area is 789 Å². The summed E-state index contributed by atoms with van der Waals surface area (Å²) in [7, 11) is 7.72. The number of aliphatic hydroxyl groups excluding tert-OH is 7. The third-order valence-electron chi connectivity index (χ3n) is 20.2. The number of anilines is 1. The molecule has 0 saturated carbocycles. The van der Waals surface area contributed by atoms with E-state index in [0.29, 0.717) is 57.5 Å². The van der Waals surface area contributed by atoms with E-state index in [4.69, 9.17) is 66.1 Å². The molecular weight excluding hydrogens is 1720 g/mol. The number of ether oxygens (including phenoxy) is 8. The third kappa shape index (κ3) is 47.7. The van der Waals surface area contributed by atoms with Gasteiger partial charge in [-0.2, -0.15) is 13.2 Å². The highest BCUT2D eigenvalue weighted by Crippen LogP contribution is 2.34. The van der Waals surface area contributed by atoms with Gasteiger partial charge in [-0.05, 0) is 217 Å². The molecule has 2 fully saturated rings. The molecule has 8 unspecified atom stereocenters. The molecule has 12 N–H and O–H groups in total. The number of nitrogens with two attached hydrogens (primary N) is 2. The van der Waals surface area contributed by atoms with Crippen molar-refractivity contribution in [3.8, 4) is 46.0 Å². The van der Waals surface area contributed by atoms with E-state index < -0.39 is 54.5 Å². The minimum atomic E-state index is -4.41. The molecule has 2 aliphatic rings. The fourth-order valence-electron chi connectivity index (χ4n) is 13.6. The molecule has 720 valence electrons. The number of hydrogen-bond acceptors (Lipinski definition) is 23. The van der Waals surface area contributed by atoms with Crippen LogP contribution in [0.5, 0.6) is 46.0 Å². The van der Waals surface area contributed by atoms with Gasteiger partial charge in [-0.1, -0.05) is 200 Å². The van der Waals surface area contributed by atoms with Crippen LogP contribution in [-0.4, -0.2) is 258 Å². The van der Waals surface area contributed by atoms with Gasteiger partial charge >= 0.3 is 6.18 Å². The lowest BCUT2D eigenvalue weighted by atomic mass is 10.0. The van der Waals surface area contributed by atoms with Crippen molar-refractivity contribution in [1.82, 2.24) is 24.9 Å². The Kier molecular flexibility index (Phi) is 51.6. The van der Waals surface area contributed by atoms with Crippen LogP contribution in [-0.2, 0) is 23.9 Å². The zero-order valence-corrected chi connectivity index (χ0v) is 78.4. The number of likely N-dealkylation sites (tertiary alicyclic amines) is 1. The SMILES string of the molecule is CN(C)CC(O)COC(Cc1ccccc1)c1ccccc1.CN(C)CC(O)COc1ccccc1Oc1ccccc1.Cc1cc(C)cc(OCC(O)CN)c1.Cc1cccc(OCC(O)CN2CCCC2)c1.NCC(O)COc1ccccc1.OC(CNCc1ccccc1)COc1cccc(C(F)(F)F)c1.OC(COc1ccccc1)CN1CCN(c2cccc(Cl)c2)CC1. The molecule has 0 amide bonds. The Morgan fingerprint density at radius 2 is 0.797 bits per heavy atom. The minimum absolute atomic E-state index is 0.0413. The molecule has 0 aliphatic carbocycles. The van der Waals surface area contributed by atoms with Crippen LogP contribution in [0, 0.1) is 20.8 Å². The number of piperazine rings is 1. The number of β-amino-alcohol motifs (C(OH)–C–C–N with tert-alkyl or cyclic N) is 2. The predicted molar refractivity (Wildman–Crippen MR) is 524 cm³/mol. The molecule has 133 heavy (non-hydrogen) atoms. The number of rotatable bonds is 41. The van der Waals surface area contributed by atoms with E-state index in [1.54, 1.807) is 0 Å². The minimum Gasteiger partial charge on any atom is -0.491 e. The number of para-hydroxylation sites is 5. The highest BCUT2D eigenvalue weighted by Gasteiger charge is 2.31. The first-order valence-electron chi connectivity index (χ1n) is 45.0. The Hall–Kier alpha value is -10.7. The molecule has 11 aromatic rings. The Morgan fingerprint density at radius 1 is 0.383 bits per heavy atom. The normalized spacial score (nSPS) is 14.3. The molecule has 27 heteroatoms. The highest BCUT2D eigenvalue weighted by atomic mass is 35.5. The summed E-state index contributed by atoms with van der Waals surface area (Å²) in [6.07, 6.45) is -5.00. The van der Waals surface area contributed by atoms with Crippen molar-refractivity contribution >= 4 is 17.3 Å². The number of aryl methyl sites for hydroxylation is 3. The quantitative estimate of drug-likeness (QED) is 0.0170. The number of nitrogens with one attached hydrogen (secondary N) is 1. The largest absolute Gasteiger partial charge is 0.491 e. The van der Waals surface area contributed by atoms with Crippen LogP contribution in [0.3, 0.4) is 0 Å². The number of aliphatic hydroxyl groups is 7. The van der Waals surface area contributed by atoms with Crippen molar-refractivity contribution in [2.75, 3.05) is 164 Å². The highest BCUT2D eigenvalue weighted by molar-refractivity contribution is 6.30. The molecule has 0 spiro atoms. The average molecular weight is 1860 g/mol. The molecule has 2 aliphatic heterocycles. The molecule has 13 rings (SSSR count). The number of benzene rings is 11. The summed E-state index contributed by atoms with van der Waals surface area (Å²) in [6, 6.07) is 92.6. The lowest BCUT2D eigenvalue weighted by Gasteiger charge is -2.36. The van der Waals surface area contributed by atoms with Crippen molar-refractivity contribution in [1.29, 1.82) is 0 Å². The van der Waals surface area contributed by atoms with Crippen molar-refractivity contribution in [3.05, 3.63) is 341 Å². The molecule has 2 saturated heterocycles. The maximum atomic E-state index is 12.6. The van der Waals surface area contributed by atoms with E-state index in [1.807, 2.05) is 295 Å². The Bertz CT molecular complexity index is 4820. The molecule has 0 radical (unpaired) electrons. The van der Waals surface area contributed by atoms with Gasteiger partial charge < -0.3 is 110 Å². The van der Waals surface area contributed by atoms with Gasteiger partial charge in [0.15, 0.2) is 11.5 Å². The van der Waals surface area contributed by atoms with Crippen LogP contribution in [0.4, 0.5) is 18.9 Å². The smallest absolute Gasteiger partial charge is 0.416 e. The Balaban J connectivity index is 0.000000214. The van der Waals surface area contributed by atoms with E-state index in [2.05, 4.69) is 56.4 Å². The van der Waals surface area contributed by atoms with Crippen molar-refractivity contribution in [2.45, 2.75) is 102 Å². The fourth-order valence-corrected chi connectivity index (χ4v) is 13.8. The number of nitrogens with zero attached hydrogens (tertiary/aromatic N) is 5. The summed E-state index contributed by atoms with van der Waals surface area (Å²) in [5.41, 5.74) is 17.8. The number of halogens is 4. The molecule has 8 atom stereocenters. The van der Waals surface area contributed by atoms with Crippen LogP contribution in [0.1, 0.15) is 57.9 Å². The first-order valence-corrected chi connectivity index (χ1v) is 45.4. The topological polar surface area (TPSA) is 296 Å². The zero-order chi connectivity index (χ0) is 95.8. The van der Waals surface area contributed by atoms with Crippen LogP contribution in [0.15, 0.2) is 297 Å².